The Morgan fingerprint density at radius 3 is 2.64 bits per heavy atom. The van der Waals surface area contributed by atoms with E-state index >= 15 is 0 Å². The van der Waals surface area contributed by atoms with Gasteiger partial charge in [-0.25, -0.2) is 0 Å². The minimum Gasteiger partial charge on any atom is -0.141 e. The van der Waals surface area contributed by atoms with Gasteiger partial charge in [-0.15, -0.1) is 18.2 Å². The summed E-state index contributed by atoms with van der Waals surface area (Å²) >= 11 is 1.86. The summed E-state index contributed by atoms with van der Waals surface area (Å²) in [4.78, 5) is 0. The first-order valence-corrected chi connectivity index (χ1v) is 6.06. The van der Waals surface area contributed by atoms with Crippen molar-refractivity contribution in [3.05, 3.63) is 35.9 Å². The Morgan fingerprint density at radius 1 is 1.36 bits per heavy atom. The summed E-state index contributed by atoms with van der Waals surface area (Å²) in [5.41, 5.74) is 1.25. The van der Waals surface area contributed by atoms with Gasteiger partial charge in [0.05, 0.1) is 5.25 Å². The molecular formula is C13H16S. The zero-order valence-electron chi connectivity index (χ0n) is 8.57. The minimum atomic E-state index is 0.225. The topological polar surface area (TPSA) is 0 Å². The Bertz CT molecular complexity index is 284. The van der Waals surface area contributed by atoms with Crippen LogP contribution in [0, 0.1) is 12.3 Å². The standard InChI is InChI=1S/C13H16S/c1-3-5-11-14-13(4-2)12-9-7-6-8-10-12/h2,6-10,13H,3,5,11H2,1H3. The highest BCUT2D eigenvalue weighted by Gasteiger charge is 2.06. The molecule has 0 bridgehead atoms. The van der Waals surface area contributed by atoms with Gasteiger partial charge in [-0.05, 0) is 17.7 Å². The van der Waals surface area contributed by atoms with Crippen LogP contribution < -0.4 is 0 Å². The minimum absolute atomic E-state index is 0.225. The average Bonchev–Trinajstić information content (AvgIpc) is 2.26. The molecule has 0 nitrogen and oxygen atoms in total. The smallest absolute Gasteiger partial charge is 0.0903 e. The SMILES string of the molecule is C#CC(SCCCC)c1ccccc1. The summed E-state index contributed by atoms with van der Waals surface area (Å²) in [6.45, 7) is 2.20. The molecule has 1 aromatic rings. The third-order valence-corrected chi connectivity index (χ3v) is 3.30. The maximum absolute atomic E-state index is 5.52. The summed E-state index contributed by atoms with van der Waals surface area (Å²) in [7, 11) is 0. The van der Waals surface area contributed by atoms with Crippen LogP contribution in [-0.2, 0) is 0 Å². The fourth-order valence-electron chi connectivity index (χ4n) is 1.21. The lowest BCUT2D eigenvalue weighted by Crippen LogP contribution is -1.91. The molecule has 0 aromatic heterocycles. The zero-order valence-corrected chi connectivity index (χ0v) is 9.39. The van der Waals surface area contributed by atoms with Gasteiger partial charge in [-0.2, -0.15) is 0 Å². The largest absolute Gasteiger partial charge is 0.141 e. The van der Waals surface area contributed by atoms with Crippen molar-refractivity contribution in [2.24, 2.45) is 0 Å². The fourth-order valence-corrected chi connectivity index (χ4v) is 2.35. The molecular weight excluding hydrogens is 188 g/mol. The second-order valence-corrected chi connectivity index (χ2v) is 4.39. The van der Waals surface area contributed by atoms with Crippen LogP contribution in [0.25, 0.3) is 0 Å². The van der Waals surface area contributed by atoms with Crippen molar-refractivity contribution in [2.45, 2.75) is 25.0 Å². The fraction of sp³-hybridized carbons (Fsp3) is 0.385. The van der Waals surface area contributed by atoms with Crippen molar-refractivity contribution < 1.29 is 0 Å². The van der Waals surface area contributed by atoms with E-state index in [2.05, 4.69) is 25.0 Å². The van der Waals surface area contributed by atoms with Crippen LogP contribution in [-0.4, -0.2) is 5.75 Å². The number of terminal acetylenes is 1. The van der Waals surface area contributed by atoms with E-state index in [9.17, 15) is 0 Å². The van der Waals surface area contributed by atoms with Gasteiger partial charge in [0.25, 0.3) is 0 Å². The Balaban J connectivity index is 2.52. The van der Waals surface area contributed by atoms with Crippen LogP contribution >= 0.6 is 11.8 Å². The van der Waals surface area contributed by atoms with Crippen molar-refractivity contribution in [3.8, 4) is 12.3 Å². The molecule has 0 saturated heterocycles. The summed E-state index contributed by atoms with van der Waals surface area (Å²) in [6, 6.07) is 10.3. The van der Waals surface area contributed by atoms with Gasteiger partial charge >= 0.3 is 0 Å². The molecule has 1 rings (SSSR count). The second kappa shape index (κ2) is 6.56. The molecule has 0 radical (unpaired) electrons. The molecule has 0 saturated carbocycles. The molecule has 0 amide bonds. The Labute approximate surface area is 91.1 Å². The van der Waals surface area contributed by atoms with E-state index in [1.54, 1.807) is 0 Å². The predicted octanol–water partition coefficient (Wildman–Crippen LogP) is 3.89. The number of thioether (sulfide) groups is 1. The molecule has 14 heavy (non-hydrogen) atoms. The maximum atomic E-state index is 5.52. The van der Waals surface area contributed by atoms with E-state index < -0.39 is 0 Å². The number of hydrogen-bond donors (Lipinski definition) is 0. The first-order valence-electron chi connectivity index (χ1n) is 5.01. The molecule has 0 aliphatic carbocycles. The predicted molar refractivity (Wildman–Crippen MR) is 65.4 cm³/mol. The first kappa shape index (κ1) is 11.2. The third-order valence-electron chi connectivity index (χ3n) is 2.04. The van der Waals surface area contributed by atoms with Crippen molar-refractivity contribution in [3.63, 3.8) is 0 Å². The van der Waals surface area contributed by atoms with Gasteiger partial charge in [0.2, 0.25) is 0 Å². The number of hydrogen-bond acceptors (Lipinski definition) is 1. The van der Waals surface area contributed by atoms with Crippen LogP contribution in [0.1, 0.15) is 30.6 Å². The van der Waals surface area contributed by atoms with Gasteiger partial charge in [-0.1, -0.05) is 49.6 Å². The highest BCUT2D eigenvalue weighted by atomic mass is 32.2. The van der Waals surface area contributed by atoms with Crippen LogP contribution in [0.5, 0.6) is 0 Å². The van der Waals surface area contributed by atoms with Crippen LogP contribution in [0.4, 0.5) is 0 Å². The zero-order chi connectivity index (χ0) is 10.2. The normalized spacial score (nSPS) is 12.0. The molecule has 0 aliphatic rings. The number of benzene rings is 1. The molecule has 0 spiro atoms. The van der Waals surface area contributed by atoms with Gasteiger partial charge in [0, 0.05) is 0 Å². The Kier molecular flexibility index (Phi) is 5.25. The lowest BCUT2D eigenvalue weighted by atomic mass is 10.2. The van der Waals surface area contributed by atoms with Crippen LogP contribution in [0.15, 0.2) is 30.3 Å². The van der Waals surface area contributed by atoms with Crippen molar-refractivity contribution in [1.82, 2.24) is 0 Å². The van der Waals surface area contributed by atoms with Crippen molar-refractivity contribution in [1.29, 1.82) is 0 Å². The molecule has 0 aliphatic heterocycles. The molecule has 1 atom stereocenters. The molecule has 0 N–H and O–H groups in total. The summed E-state index contributed by atoms with van der Waals surface area (Å²) in [5, 5.41) is 0.225. The third kappa shape index (κ3) is 3.47. The quantitative estimate of drug-likeness (QED) is 0.518. The molecule has 1 heteroatoms. The highest BCUT2D eigenvalue weighted by Crippen LogP contribution is 2.28. The first-order chi connectivity index (χ1) is 6.88. The molecule has 1 unspecified atom stereocenters. The number of rotatable bonds is 5. The molecule has 0 heterocycles. The summed E-state index contributed by atoms with van der Waals surface area (Å²) in [6.07, 6.45) is 8.00. The van der Waals surface area contributed by atoms with E-state index in [0.29, 0.717) is 0 Å². The maximum Gasteiger partial charge on any atom is 0.0903 e. The van der Waals surface area contributed by atoms with Crippen LogP contribution in [0.2, 0.25) is 0 Å². The van der Waals surface area contributed by atoms with Gasteiger partial charge in [0.15, 0.2) is 0 Å². The van der Waals surface area contributed by atoms with Crippen LogP contribution in [0.3, 0.4) is 0 Å². The van der Waals surface area contributed by atoms with Gasteiger partial charge in [0.1, 0.15) is 0 Å². The van der Waals surface area contributed by atoms with E-state index in [1.807, 2.05) is 30.0 Å². The summed E-state index contributed by atoms with van der Waals surface area (Å²) < 4.78 is 0. The lowest BCUT2D eigenvalue weighted by molar-refractivity contribution is 0.895. The molecule has 1 aromatic carbocycles. The van der Waals surface area contributed by atoms with Crippen molar-refractivity contribution in [2.75, 3.05) is 5.75 Å². The monoisotopic (exact) mass is 204 g/mol. The van der Waals surface area contributed by atoms with Crippen molar-refractivity contribution >= 4 is 11.8 Å². The van der Waals surface area contributed by atoms with Gasteiger partial charge in [-0.3, -0.25) is 0 Å². The number of unbranched alkanes of at least 4 members (excludes halogenated alkanes) is 1. The lowest BCUT2D eigenvalue weighted by Gasteiger charge is -2.09. The van der Waals surface area contributed by atoms with E-state index in [-0.39, 0.29) is 5.25 Å². The second-order valence-electron chi connectivity index (χ2n) is 3.18. The Hall–Kier alpha value is -0.870. The molecule has 0 fully saturated rings. The van der Waals surface area contributed by atoms with E-state index in [0.717, 1.165) is 5.75 Å². The van der Waals surface area contributed by atoms with E-state index in [4.69, 9.17) is 6.42 Å². The van der Waals surface area contributed by atoms with Gasteiger partial charge < -0.3 is 0 Å². The summed E-state index contributed by atoms with van der Waals surface area (Å²) in [5.74, 6) is 3.99. The molecule has 74 valence electrons. The average molecular weight is 204 g/mol. The highest BCUT2D eigenvalue weighted by molar-refractivity contribution is 7.99. The Morgan fingerprint density at radius 2 is 2.07 bits per heavy atom. The van der Waals surface area contributed by atoms with E-state index in [1.165, 1.54) is 18.4 Å².